The Morgan fingerprint density at radius 3 is 2.30 bits per heavy atom. The molecule has 0 bridgehead atoms. The van der Waals surface area contributed by atoms with Crippen LogP contribution in [0.5, 0.6) is 0 Å². The van der Waals surface area contributed by atoms with E-state index in [0.717, 1.165) is 12.1 Å². The minimum Gasteiger partial charge on any atom is -0.344 e. The lowest BCUT2D eigenvalue weighted by molar-refractivity contribution is -0.137. The maximum atomic E-state index is 13.8. The second-order valence-corrected chi connectivity index (χ2v) is 11.9. The lowest BCUT2D eigenvalue weighted by Gasteiger charge is -2.23. The zero-order valence-corrected chi connectivity index (χ0v) is 21.1. The Balaban J connectivity index is 1.59. The normalized spacial score (nSPS) is 24.2. The quantitative estimate of drug-likeness (QED) is 0.537. The van der Waals surface area contributed by atoms with Crippen molar-refractivity contribution in [3.63, 3.8) is 0 Å². The first-order valence-electron chi connectivity index (χ1n) is 11.9. The number of halogens is 3. The molecule has 1 aromatic heterocycles. The third-order valence-electron chi connectivity index (χ3n) is 7.29. The highest BCUT2D eigenvalue weighted by molar-refractivity contribution is 7.92. The molecule has 6 nitrogen and oxygen atoms in total. The van der Waals surface area contributed by atoms with Gasteiger partial charge in [0.25, 0.3) is 0 Å². The zero-order valence-electron chi connectivity index (χ0n) is 20.3. The molecule has 1 amide bonds. The average Bonchev–Trinajstić information content (AvgIpc) is 3.40. The van der Waals surface area contributed by atoms with Gasteiger partial charge in [0.1, 0.15) is 5.54 Å². The number of aromatic nitrogens is 1. The van der Waals surface area contributed by atoms with Gasteiger partial charge in [-0.15, -0.1) is 0 Å². The van der Waals surface area contributed by atoms with Crippen molar-refractivity contribution < 1.29 is 26.4 Å². The number of hydrogen-bond donors (Lipinski definition) is 1. The summed E-state index contributed by atoms with van der Waals surface area (Å²) in [6.45, 7) is 2.26. The first-order chi connectivity index (χ1) is 17.4. The van der Waals surface area contributed by atoms with Gasteiger partial charge in [-0.2, -0.15) is 13.2 Å². The van der Waals surface area contributed by atoms with E-state index < -0.39 is 38.4 Å². The van der Waals surface area contributed by atoms with Gasteiger partial charge in [-0.3, -0.25) is 15.1 Å². The van der Waals surface area contributed by atoms with Gasteiger partial charge in [-0.25, -0.2) is 8.42 Å². The van der Waals surface area contributed by atoms with Crippen molar-refractivity contribution in [3.05, 3.63) is 83.7 Å². The number of amides is 1. The summed E-state index contributed by atoms with van der Waals surface area (Å²) in [5.74, 6) is -0.154. The molecule has 0 radical (unpaired) electrons. The van der Waals surface area contributed by atoms with E-state index in [2.05, 4.69) is 10.3 Å². The Hall–Kier alpha value is -3.24. The molecule has 1 N–H and O–H groups in total. The standard InChI is InChI=1S/C27H26F3N3O3S/c1-17-14-19(18-8-10-20(11-9-18)27(28,29)30)15-22(31-17)24-23(37(35,36)21-6-4-3-5-7-21)16-26(32-24)12-13-33(2)25(26)34/h3-11,14-15,23-24,32H,12-13,16H2,1-2H3. The number of alkyl halides is 3. The maximum Gasteiger partial charge on any atom is 0.416 e. The van der Waals surface area contributed by atoms with Crippen LogP contribution in [-0.4, -0.2) is 48.6 Å². The Labute approximate surface area is 213 Å². The number of likely N-dealkylation sites (N-methyl/N-ethyl adjacent to an activating group) is 1. The number of sulfone groups is 1. The summed E-state index contributed by atoms with van der Waals surface area (Å²) in [7, 11) is -2.16. The molecule has 2 saturated heterocycles. The van der Waals surface area contributed by atoms with Crippen LogP contribution in [0.25, 0.3) is 11.1 Å². The summed E-state index contributed by atoms with van der Waals surface area (Å²) in [6.07, 6.45) is -3.87. The fourth-order valence-electron chi connectivity index (χ4n) is 5.38. The van der Waals surface area contributed by atoms with Crippen molar-refractivity contribution in [2.45, 2.75) is 47.7 Å². The molecular formula is C27H26F3N3O3S. The molecule has 3 atom stereocenters. The van der Waals surface area contributed by atoms with E-state index in [1.165, 1.54) is 24.3 Å². The summed E-state index contributed by atoms with van der Waals surface area (Å²) in [5, 5.41) is 2.38. The van der Waals surface area contributed by atoms with E-state index >= 15 is 0 Å². The smallest absolute Gasteiger partial charge is 0.344 e. The lowest BCUT2D eigenvalue weighted by atomic mass is 9.95. The van der Waals surface area contributed by atoms with Crippen LogP contribution >= 0.6 is 0 Å². The van der Waals surface area contributed by atoms with E-state index in [9.17, 15) is 26.4 Å². The fraction of sp³-hybridized carbons (Fsp3) is 0.333. The molecule has 3 aromatic rings. The highest BCUT2D eigenvalue weighted by Gasteiger charge is 2.57. The minimum absolute atomic E-state index is 0.100. The van der Waals surface area contributed by atoms with Crippen molar-refractivity contribution in [1.82, 2.24) is 15.2 Å². The molecule has 2 aliphatic heterocycles. The lowest BCUT2D eigenvalue weighted by Crippen LogP contribution is -2.47. The highest BCUT2D eigenvalue weighted by Crippen LogP contribution is 2.44. The second kappa shape index (κ2) is 8.95. The molecule has 1 spiro atoms. The molecule has 2 aromatic carbocycles. The first-order valence-corrected chi connectivity index (χ1v) is 13.4. The van der Waals surface area contributed by atoms with Gasteiger partial charge >= 0.3 is 6.18 Å². The molecular weight excluding hydrogens is 503 g/mol. The number of nitrogens with zero attached hydrogens (tertiary/aromatic N) is 2. The number of hydrogen-bond acceptors (Lipinski definition) is 5. The molecule has 5 rings (SSSR count). The SMILES string of the molecule is Cc1cc(-c2ccc(C(F)(F)F)cc2)cc(C2NC3(CCN(C)C3=O)CC2S(=O)(=O)c2ccccc2)n1. The summed E-state index contributed by atoms with van der Waals surface area (Å²) in [5.41, 5.74) is 0.404. The Morgan fingerprint density at radius 1 is 1.03 bits per heavy atom. The predicted octanol–water partition coefficient (Wildman–Crippen LogP) is 4.55. The molecule has 37 heavy (non-hydrogen) atoms. The van der Waals surface area contributed by atoms with Gasteiger partial charge in [-0.1, -0.05) is 30.3 Å². The number of rotatable bonds is 4. The van der Waals surface area contributed by atoms with Gasteiger partial charge in [0.2, 0.25) is 5.91 Å². The van der Waals surface area contributed by atoms with Crippen LogP contribution in [0.4, 0.5) is 13.2 Å². The number of carbonyl (C=O) groups is 1. The maximum absolute atomic E-state index is 13.8. The van der Waals surface area contributed by atoms with Crippen LogP contribution < -0.4 is 5.32 Å². The van der Waals surface area contributed by atoms with Gasteiger partial charge in [0, 0.05) is 19.3 Å². The summed E-state index contributed by atoms with van der Waals surface area (Å²) in [4.78, 5) is 19.5. The van der Waals surface area contributed by atoms with Gasteiger partial charge in [0.05, 0.1) is 27.4 Å². The fourth-order valence-corrected chi connectivity index (χ4v) is 7.33. The van der Waals surface area contributed by atoms with Crippen molar-refractivity contribution in [2.24, 2.45) is 0 Å². The molecule has 194 valence electrons. The molecule has 3 heterocycles. The second-order valence-electron chi connectivity index (χ2n) is 9.78. The van der Waals surface area contributed by atoms with Crippen LogP contribution in [0.15, 0.2) is 71.6 Å². The summed E-state index contributed by atoms with van der Waals surface area (Å²) >= 11 is 0. The van der Waals surface area contributed by atoms with Gasteiger partial charge in [0.15, 0.2) is 9.84 Å². The van der Waals surface area contributed by atoms with Crippen molar-refractivity contribution in [1.29, 1.82) is 0 Å². The van der Waals surface area contributed by atoms with Crippen LogP contribution in [-0.2, 0) is 20.8 Å². The monoisotopic (exact) mass is 529 g/mol. The number of aryl methyl sites for hydroxylation is 1. The summed E-state index contributed by atoms with van der Waals surface area (Å²) in [6, 6.07) is 15.6. The van der Waals surface area contributed by atoms with Crippen LogP contribution in [0.2, 0.25) is 0 Å². The third-order valence-corrected chi connectivity index (χ3v) is 9.46. The average molecular weight is 530 g/mol. The van der Waals surface area contributed by atoms with E-state index in [0.29, 0.717) is 35.5 Å². The number of carbonyl (C=O) groups excluding carboxylic acids is 1. The molecule has 3 unspecified atom stereocenters. The van der Waals surface area contributed by atoms with E-state index in [1.807, 2.05) is 0 Å². The van der Waals surface area contributed by atoms with E-state index in [4.69, 9.17) is 0 Å². The largest absolute Gasteiger partial charge is 0.416 e. The molecule has 10 heteroatoms. The third kappa shape index (κ3) is 4.53. The van der Waals surface area contributed by atoms with E-state index in [1.54, 1.807) is 49.2 Å². The minimum atomic E-state index is -4.44. The molecule has 2 fully saturated rings. The molecule has 0 aliphatic carbocycles. The van der Waals surface area contributed by atoms with Crippen molar-refractivity contribution >= 4 is 15.7 Å². The predicted molar refractivity (Wildman–Crippen MR) is 132 cm³/mol. The van der Waals surface area contributed by atoms with Gasteiger partial charge in [-0.05, 0) is 67.3 Å². The Kier molecular flexibility index (Phi) is 6.15. The van der Waals surface area contributed by atoms with Crippen LogP contribution in [0, 0.1) is 6.92 Å². The first kappa shape index (κ1) is 25.4. The number of benzene rings is 2. The summed E-state index contributed by atoms with van der Waals surface area (Å²) < 4.78 is 66.8. The molecule has 2 aliphatic rings. The Morgan fingerprint density at radius 2 is 1.70 bits per heavy atom. The van der Waals surface area contributed by atoms with E-state index in [-0.39, 0.29) is 17.2 Å². The van der Waals surface area contributed by atoms with Crippen LogP contribution in [0.3, 0.4) is 0 Å². The van der Waals surface area contributed by atoms with Crippen molar-refractivity contribution in [2.75, 3.05) is 13.6 Å². The zero-order chi connectivity index (χ0) is 26.6. The highest BCUT2D eigenvalue weighted by atomic mass is 32.2. The Bertz CT molecular complexity index is 1440. The number of likely N-dealkylation sites (tertiary alicyclic amines) is 1. The van der Waals surface area contributed by atoms with Gasteiger partial charge < -0.3 is 4.90 Å². The van der Waals surface area contributed by atoms with Crippen LogP contribution in [0.1, 0.15) is 35.8 Å². The number of pyridine rings is 1. The molecule has 0 saturated carbocycles. The van der Waals surface area contributed by atoms with Crippen molar-refractivity contribution in [3.8, 4) is 11.1 Å². The topological polar surface area (TPSA) is 79.4 Å². The number of nitrogens with one attached hydrogen (secondary N) is 1.